The summed E-state index contributed by atoms with van der Waals surface area (Å²) in [6.07, 6.45) is 4.92. The second-order valence-electron chi connectivity index (χ2n) is 8.09. The van der Waals surface area contributed by atoms with E-state index in [0.29, 0.717) is 6.04 Å². The van der Waals surface area contributed by atoms with E-state index in [1.54, 1.807) is 0 Å². The SMILES string of the molecule is CCCCN1CCC(NC(=NC)NCc2cc(N(C)C)nc3ccccc23)CC1.I. The molecule has 0 aliphatic carbocycles. The predicted molar refractivity (Wildman–Crippen MR) is 139 cm³/mol. The summed E-state index contributed by atoms with van der Waals surface area (Å²) in [7, 11) is 5.91. The Hall–Kier alpha value is -1.61. The maximum Gasteiger partial charge on any atom is 0.191 e. The Balaban J connectivity index is 0.00000320. The number of halogens is 1. The summed E-state index contributed by atoms with van der Waals surface area (Å²) in [5, 5.41) is 8.33. The first-order valence-electron chi connectivity index (χ1n) is 10.9. The lowest BCUT2D eigenvalue weighted by Crippen LogP contribution is -2.48. The van der Waals surface area contributed by atoms with Gasteiger partial charge in [-0.15, -0.1) is 24.0 Å². The molecule has 1 aliphatic rings. The lowest BCUT2D eigenvalue weighted by Gasteiger charge is -2.33. The van der Waals surface area contributed by atoms with E-state index in [9.17, 15) is 0 Å². The fourth-order valence-electron chi connectivity index (χ4n) is 3.86. The molecule has 30 heavy (non-hydrogen) atoms. The summed E-state index contributed by atoms with van der Waals surface area (Å²) in [6.45, 7) is 6.57. The Bertz CT molecular complexity index is 814. The van der Waals surface area contributed by atoms with Crippen molar-refractivity contribution < 1.29 is 0 Å². The molecule has 0 unspecified atom stereocenters. The standard InChI is InChI=1S/C23H36N6.HI/c1-5-6-13-29-14-11-19(12-15-29)26-23(24-2)25-17-18-16-22(28(3)4)27-21-10-8-7-9-20(18)21;/h7-10,16,19H,5-6,11-15,17H2,1-4H3,(H2,24,25,26);1H. The minimum absolute atomic E-state index is 0. The van der Waals surface area contributed by atoms with Gasteiger partial charge >= 0.3 is 0 Å². The number of hydrogen-bond acceptors (Lipinski definition) is 4. The number of unbranched alkanes of at least 4 members (excludes halogenated alkanes) is 1. The van der Waals surface area contributed by atoms with Gasteiger partial charge in [-0.25, -0.2) is 4.98 Å². The van der Waals surface area contributed by atoms with Crippen LogP contribution in [0.5, 0.6) is 0 Å². The minimum Gasteiger partial charge on any atom is -0.363 e. The number of piperidine rings is 1. The average Bonchev–Trinajstić information content (AvgIpc) is 2.75. The maximum atomic E-state index is 4.75. The normalized spacial score (nSPS) is 15.7. The first-order valence-corrected chi connectivity index (χ1v) is 10.9. The maximum absolute atomic E-state index is 4.75. The number of aliphatic imine (C=N–C) groups is 1. The van der Waals surface area contributed by atoms with Crippen molar-refractivity contribution in [2.45, 2.75) is 45.2 Å². The van der Waals surface area contributed by atoms with Crippen molar-refractivity contribution in [1.29, 1.82) is 0 Å². The summed E-state index contributed by atoms with van der Waals surface area (Å²) in [4.78, 5) is 13.8. The number of nitrogens with one attached hydrogen (secondary N) is 2. The molecule has 1 fully saturated rings. The fourth-order valence-corrected chi connectivity index (χ4v) is 3.86. The molecule has 7 heteroatoms. The van der Waals surface area contributed by atoms with Crippen LogP contribution in [0.25, 0.3) is 10.9 Å². The van der Waals surface area contributed by atoms with E-state index in [0.717, 1.165) is 23.8 Å². The van der Waals surface area contributed by atoms with Crippen LogP contribution in [0.3, 0.4) is 0 Å². The number of likely N-dealkylation sites (tertiary alicyclic amines) is 1. The molecule has 1 aliphatic heterocycles. The average molecular weight is 524 g/mol. The van der Waals surface area contributed by atoms with Crippen LogP contribution in [0, 0.1) is 0 Å². The van der Waals surface area contributed by atoms with Gasteiger partial charge in [-0.05, 0) is 43.5 Å². The number of pyridine rings is 1. The van der Waals surface area contributed by atoms with Crippen molar-refractivity contribution in [1.82, 2.24) is 20.5 Å². The molecule has 0 saturated carbocycles. The Kier molecular flexibility index (Phi) is 10.1. The number of fused-ring (bicyclic) bond motifs is 1. The Labute approximate surface area is 198 Å². The summed E-state index contributed by atoms with van der Waals surface area (Å²) in [6, 6.07) is 11.0. The summed E-state index contributed by atoms with van der Waals surface area (Å²) in [5.74, 6) is 1.85. The molecule has 0 amide bonds. The molecule has 6 nitrogen and oxygen atoms in total. The van der Waals surface area contributed by atoms with Gasteiger partial charge in [-0.2, -0.15) is 0 Å². The van der Waals surface area contributed by atoms with E-state index in [1.165, 1.54) is 56.3 Å². The van der Waals surface area contributed by atoms with Crippen molar-refractivity contribution in [3.05, 3.63) is 35.9 Å². The van der Waals surface area contributed by atoms with E-state index in [-0.39, 0.29) is 24.0 Å². The molecule has 2 N–H and O–H groups in total. The zero-order chi connectivity index (χ0) is 20.6. The zero-order valence-corrected chi connectivity index (χ0v) is 21.1. The third-order valence-electron chi connectivity index (χ3n) is 5.67. The van der Waals surface area contributed by atoms with E-state index in [4.69, 9.17) is 4.98 Å². The topological polar surface area (TPSA) is 55.8 Å². The number of benzene rings is 1. The highest BCUT2D eigenvalue weighted by Gasteiger charge is 2.19. The van der Waals surface area contributed by atoms with Gasteiger partial charge in [0.15, 0.2) is 5.96 Å². The smallest absolute Gasteiger partial charge is 0.191 e. The molecule has 1 aromatic heterocycles. The van der Waals surface area contributed by atoms with Gasteiger partial charge in [0.25, 0.3) is 0 Å². The fraction of sp³-hybridized carbons (Fsp3) is 0.565. The Morgan fingerprint density at radius 3 is 2.63 bits per heavy atom. The van der Waals surface area contributed by atoms with Crippen molar-refractivity contribution in [3.63, 3.8) is 0 Å². The Morgan fingerprint density at radius 2 is 1.97 bits per heavy atom. The van der Waals surface area contributed by atoms with Gasteiger partial charge in [0, 0.05) is 52.2 Å². The molecule has 166 valence electrons. The molecule has 1 saturated heterocycles. The van der Waals surface area contributed by atoms with E-state index < -0.39 is 0 Å². The van der Waals surface area contributed by atoms with Crippen LogP contribution >= 0.6 is 24.0 Å². The highest BCUT2D eigenvalue weighted by Crippen LogP contribution is 2.22. The van der Waals surface area contributed by atoms with Gasteiger partial charge in [-0.3, -0.25) is 4.99 Å². The van der Waals surface area contributed by atoms with Crippen LogP contribution < -0.4 is 15.5 Å². The number of hydrogen-bond donors (Lipinski definition) is 2. The van der Waals surface area contributed by atoms with Gasteiger partial charge in [0.2, 0.25) is 0 Å². The lowest BCUT2D eigenvalue weighted by atomic mass is 10.0. The highest BCUT2D eigenvalue weighted by molar-refractivity contribution is 14.0. The van der Waals surface area contributed by atoms with Crippen molar-refractivity contribution >= 4 is 46.7 Å². The molecular formula is C23H37IN6. The van der Waals surface area contributed by atoms with Crippen molar-refractivity contribution in [2.24, 2.45) is 4.99 Å². The van der Waals surface area contributed by atoms with Crippen LogP contribution in [-0.2, 0) is 6.54 Å². The quantitative estimate of drug-likeness (QED) is 0.328. The van der Waals surface area contributed by atoms with Crippen LogP contribution in [-0.4, -0.2) is 62.7 Å². The molecule has 0 bridgehead atoms. The third-order valence-corrected chi connectivity index (χ3v) is 5.67. The molecule has 0 radical (unpaired) electrons. The largest absolute Gasteiger partial charge is 0.363 e. The van der Waals surface area contributed by atoms with Crippen molar-refractivity contribution in [3.8, 4) is 0 Å². The molecular weight excluding hydrogens is 487 g/mol. The van der Waals surface area contributed by atoms with E-state index in [2.05, 4.69) is 56.6 Å². The molecule has 0 atom stereocenters. The number of para-hydroxylation sites is 1. The number of anilines is 1. The molecule has 3 rings (SSSR count). The number of aromatic nitrogens is 1. The second-order valence-corrected chi connectivity index (χ2v) is 8.09. The van der Waals surface area contributed by atoms with Gasteiger partial charge in [0.05, 0.1) is 5.52 Å². The van der Waals surface area contributed by atoms with E-state index in [1.807, 2.05) is 27.2 Å². The highest BCUT2D eigenvalue weighted by atomic mass is 127. The first kappa shape index (κ1) is 24.7. The summed E-state index contributed by atoms with van der Waals surface area (Å²) < 4.78 is 0. The zero-order valence-electron chi connectivity index (χ0n) is 18.8. The number of nitrogens with zero attached hydrogens (tertiary/aromatic N) is 4. The molecule has 0 spiro atoms. The van der Waals surface area contributed by atoms with Crippen molar-refractivity contribution in [2.75, 3.05) is 45.7 Å². The molecule has 2 aromatic rings. The minimum atomic E-state index is 0. The van der Waals surface area contributed by atoms with Crippen LogP contribution in [0.2, 0.25) is 0 Å². The lowest BCUT2D eigenvalue weighted by molar-refractivity contribution is 0.203. The second kappa shape index (κ2) is 12.3. The van der Waals surface area contributed by atoms with E-state index >= 15 is 0 Å². The molecule has 2 heterocycles. The van der Waals surface area contributed by atoms with Crippen LogP contribution in [0.15, 0.2) is 35.3 Å². The Morgan fingerprint density at radius 1 is 1.23 bits per heavy atom. The molecule has 1 aromatic carbocycles. The number of guanidine groups is 1. The van der Waals surface area contributed by atoms with Gasteiger partial charge < -0.3 is 20.4 Å². The summed E-state index contributed by atoms with van der Waals surface area (Å²) >= 11 is 0. The number of rotatable bonds is 7. The monoisotopic (exact) mass is 524 g/mol. The van der Waals surface area contributed by atoms with Gasteiger partial charge in [-0.1, -0.05) is 31.5 Å². The summed E-state index contributed by atoms with van der Waals surface area (Å²) in [5.41, 5.74) is 2.26. The van der Waals surface area contributed by atoms with Gasteiger partial charge in [0.1, 0.15) is 5.82 Å². The van der Waals surface area contributed by atoms with Crippen LogP contribution in [0.1, 0.15) is 38.2 Å². The first-order chi connectivity index (χ1) is 14.1. The predicted octanol–water partition coefficient (Wildman–Crippen LogP) is 3.85. The third kappa shape index (κ3) is 6.70. The van der Waals surface area contributed by atoms with Crippen LogP contribution in [0.4, 0.5) is 5.82 Å².